The van der Waals surface area contributed by atoms with E-state index in [1.54, 1.807) is 0 Å². The van der Waals surface area contributed by atoms with Crippen LogP contribution in [0.1, 0.15) is 23.6 Å². The maximum absolute atomic E-state index is 6.52. The molecule has 0 atom stereocenters. The van der Waals surface area contributed by atoms with Gasteiger partial charge in [0.1, 0.15) is 11.2 Å². The normalized spacial score (nSPS) is 12.2. The van der Waals surface area contributed by atoms with Crippen LogP contribution in [0.2, 0.25) is 0 Å². The van der Waals surface area contributed by atoms with E-state index in [-0.39, 0.29) is 0 Å². The summed E-state index contributed by atoms with van der Waals surface area (Å²) in [6.07, 6.45) is 0. The average molecular weight is 793 g/mol. The molecular weight excluding hydrogens is 753 g/mol. The van der Waals surface area contributed by atoms with E-state index in [0.29, 0.717) is 11.5 Å². The fourth-order valence-corrected chi connectivity index (χ4v) is 8.89. The van der Waals surface area contributed by atoms with Crippen molar-refractivity contribution in [3.63, 3.8) is 0 Å². The lowest BCUT2D eigenvalue weighted by molar-refractivity contribution is 0.669. The first kappa shape index (κ1) is 36.9. The van der Waals surface area contributed by atoms with Crippen molar-refractivity contribution < 1.29 is 4.42 Å². The minimum atomic E-state index is 0.584. The van der Waals surface area contributed by atoms with Crippen LogP contribution in [0.25, 0.3) is 93.3 Å². The second-order valence-corrected chi connectivity index (χ2v) is 15.8. The third kappa shape index (κ3) is 6.67. The predicted octanol–water partition coefficient (Wildman–Crippen LogP) is 16.0. The van der Waals surface area contributed by atoms with E-state index in [0.717, 1.165) is 72.2 Å². The summed E-state index contributed by atoms with van der Waals surface area (Å²) >= 11 is 0. The van der Waals surface area contributed by atoms with E-state index in [4.69, 9.17) is 14.4 Å². The molecule has 11 aromatic rings. The number of amidine groups is 1. The van der Waals surface area contributed by atoms with Gasteiger partial charge in [0.05, 0.1) is 5.70 Å². The van der Waals surface area contributed by atoms with Gasteiger partial charge in [0.2, 0.25) is 0 Å². The summed E-state index contributed by atoms with van der Waals surface area (Å²) in [6, 6.07) is 74.7. The van der Waals surface area contributed by atoms with Crippen LogP contribution in [0.4, 0.5) is 0 Å². The summed E-state index contributed by atoms with van der Waals surface area (Å²) in [6.45, 7) is 6.49. The summed E-state index contributed by atoms with van der Waals surface area (Å²) in [7, 11) is 0. The van der Waals surface area contributed by atoms with Crippen LogP contribution < -0.4 is 0 Å². The summed E-state index contributed by atoms with van der Waals surface area (Å²) in [5, 5.41) is 9.63. The van der Waals surface area contributed by atoms with Crippen molar-refractivity contribution in [2.45, 2.75) is 6.92 Å². The van der Waals surface area contributed by atoms with Crippen molar-refractivity contribution >= 4 is 71.5 Å². The second kappa shape index (κ2) is 15.5. The largest absolute Gasteiger partial charge is 0.456 e. The van der Waals surface area contributed by atoms with Crippen molar-refractivity contribution in [2.75, 3.05) is 0 Å². The van der Waals surface area contributed by atoms with Gasteiger partial charge in [0.25, 0.3) is 0 Å². The Morgan fingerprint density at radius 1 is 0.371 bits per heavy atom. The smallest absolute Gasteiger partial charge is 0.160 e. The molecule has 0 aliphatic heterocycles. The zero-order valence-electron chi connectivity index (χ0n) is 34.2. The summed E-state index contributed by atoms with van der Waals surface area (Å²) in [5.41, 5.74) is 12.8. The topological polar surface area (TPSA) is 37.9 Å². The van der Waals surface area contributed by atoms with Crippen LogP contribution in [0.5, 0.6) is 0 Å². The van der Waals surface area contributed by atoms with Gasteiger partial charge < -0.3 is 4.42 Å². The van der Waals surface area contributed by atoms with Crippen LogP contribution in [-0.2, 0) is 0 Å². The zero-order valence-corrected chi connectivity index (χ0v) is 34.2. The fourth-order valence-electron chi connectivity index (χ4n) is 8.89. The van der Waals surface area contributed by atoms with Gasteiger partial charge in [0, 0.05) is 27.6 Å². The number of benzene rings is 10. The van der Waals surface area contributed by atoms with Gasteiger partial charge in [-0.3, -0.25) is 0 Å². The number of hydrogen-bond acceptors (Lipinski definition) is 2. The molecular formula is C59H40N2O. The van der Waals surface area contributed by atoms with Crippen LogP contribution in [-0.4, -0.2) is 11.5 Å². The molecule has 0 bridgehead atoms. The molecule has 0 aliphatic rings. The van der Waals surface area contributed by atoms with Gasteiger partial charge in [-0.2, -0.15) is 0 Å². The Labute approximate surface area is 360 Å². The molecule has 11 rings (SSSR count). The van der Waals surface area contributed by atoms with Crippen molar-refractivity contribution in [1.29, 1.82) is 0 Å². The van der Waals surface area contributed by atoms with Gasteiger partial charge in [-0.15, -0.1) is 0 Å². The van der Waals surface area contributed by atoms with Crippen molar-refractivity contribution in [3.8, 4) is 33.4 Å². The minimum absolute atomic E-state index is 0.584. The van der Waals surface area contributed by atoms with E-state index in [1.807, 2.05) is 24.3 Å². The fraction of sp³-hybridized carbons (Fsp3) is 0.0169. The maximum Gasteiger partial charge on any atom is 0.160 e. The number of rotatable bonds is 7. The number of hydrogen-bond donors (Lipinski definition) is 0. The zero-order chi connectivity index (χ0) is 41.6. The van der Waals surface area contributed by atoms with E-state index in [1.165, 1.54) is 37.9 Å². The Morgan fingerprint density at radius 3 is 1.44 bits per heavy atom. The molecule has 0 spiro atoms. The summed E-state index contributed by atoms with van der Waals surface area (Å²) in [4.78, 5) is 10.5. The van der Waals surface area contributed by atoms with Crippen LogP contribution in [0, 0.1) is 0 Å². The maximum atomic E-state index is 6.52. The molecule has 0 saturated heterocycles. The third-order valence-corrected chi connectivity index (χ3v) is 12.1. The second-order valence-electron chi connectivity index (χ2n) is 15.8. The molecule has 0 aliphatic carbocycles. The highest BCUT2D eigenvalue weighted by Crippen LogP contribution is 2.39. The Morgan fingerprint density at radius 2 is 0.839 bits per heavy atom. The Hall–Kier alpha value is -8.14. The molecule has 1 heterocycles. The number of aliphatic imine (C=N–C) groups is 2. The van der Waals surface area contributed by atoms with Gasteiger partial charge in [-0.05, 0) is 102 Å². The highest BCUT2D eigenvalue weighted by molar-refractivity contribution is 6.26. The lowest BCUT2D eigenvalue weighted by atomic mass is 9.92. The Kier molecular flexibility index (Phi) is 9.21. The third-order valence-electron chi connectivity index (χ3n) is 12.1. The lowest BCUT2D eigenvalue weighted by Crippen LogP contribution is -2.05. The van der Waals surface area contributed by atoms with Crippen LogP contribution >= 0.6 is 0 Å². The number of nitrogens with zero attached hydrogens (tertiary/aromatic N) is 2. The average Bonchev–Trinajstić information content (AvgIpc) is 3.73. The molecule has 3 nitrogen and oxygen atoms in total. The molecule has 0 N–H and O–H groups in total. The Bertz CT molecular complexity index is 3520. The first-order valence-corrected chi connectivity index (χ1v) is 21.0. The molecule has 0 saturated carbocycles. The molecule has 0 unspecified atom stereocenters. The molecule has 0 radical (unpaired) electrons. The molecule has 0 amide bonds. The molecule has 0 fully saturated rings. The minimum Gasteiger partial charge on any atom is -0.456 e. The van der Waals surface area contributed by atoms with Gasteiger partial charge in [0.15, 0.2) is 5.84 Å². The van der Waals surface area contributed by atoms with Crippen LogP contribution in [0.15, 0.2) is 233 Å². The predicted molar refractivity (Wildman–Crippen MR) is 263 cm³/mol. The highest BCUT2D eigenvalue weighted by atomic mass is 16.3. The van der Waals surface area contributed by atoms with Crippen molar-refractivity contribution in [2.24, 2.45) is 9.98 Å². The first-order valence-electron chi connectivity index (χ1n) is 21.0. The standard InChI is InChI=1S/C59H40N2O/c1-38(40-24-26-43(27-25-40)41-14-5-3-6-15-41)60-59(45-30-28-44(29-31-45)42-16-7-4-8-17-42)61-39(2)48-22-13-23-57-58(48)55-37-47(33-35-56(55)62-57)46-32-34-53-51-20-10-9-18-49(51)50-19-11-12-21-52(50)54(53)36-46/h3-37H,1H2,2H3. The number of fused-ring (bicyclic) bond motifs is 9. The SMILES string of the molecule is C=C(N=C(N=C(C)c1cccc2oc3ccc(-c4ccc5c6ccccc6c6ccccc6c5c4)cc3c12)c1ccc(-c2ccccc2)cc1)c1ccc(-c2ccccc2)cc1. The highest BCUT2D eigenvalue weighted by Gasteiger charge is 2.17. The van der Waals surface area contributed by atoms with Crippen molar-refractivity contribution in [3.05, 3.63) is 236 Å². The summed E-state index contributed by atoms with van der Waals surface area (Å²) < 4.78 is 6.52. The monoisotopic (exact) mass is 792 g/mol. The first-order chi connectivity index (χ1) is 30.6. The van der Waals surface area contributed by atoms with Gasteiger partial charge >= 0.3 is 0 Å². The number of furan rings is 1. The quantitative estimate of drug-likeness (QED) is 0.0900. The van der Waals surface area contributed by atoms with E-state index in [2.05, 4.69) is 202 Å². The molecule has 1 aromatic heterocycles. The van der Waals surface area contributed by atoms with E-state index in [9.17, 15) is 0 Å². The molecule has 10 aromatic carbocycles. The van der Waals surface area contributed by atoms with Crippen molar-refractivity contribution in [1.82, 2.24) is 0 Å². The molecule has 3 heteroatoms. The van der Waals surface area contributed by atoms with Crippen LogP contribution in [0.3, 0.4) is 0 Å². The molecule has 62 heavy (non-hydrogen) atoms. The lowest BCUT2D eigenvalue weighted by Gasteiger charge is -2.12. The van der Waals surface area contributed by atoms with E-state index < -0.39 is 0 Å². The van der Waals surface area contributed by atoms with Gasteiger partial charge in [-0.1, -0.05) is 195 Å². The molecule has 292 valence electrons. The Balaban J connectivity index is 1.01. The summed E-state index contributed by atoms with van der Waals surface area (Å²) in [5.74, 6) is 0.584. The van der Waals surface area contributed by atoms with E-state index >= 15 is 0 Å². The van der Waals surface area contributed by atoms with Gasteiger partial charge in [-0.25, -0.2) is 9.98 Å².